The van der Waals surface area contributed by atoms with Crippen LogP contribution in [0.3, 0.4) is 0 Å². The Bertz CT molecular complexity index is 335. The second-order valence-corrected chi connectivity index (χ2v) is 8.33. The maximum atomic E-state index is 10.4. The van der Waals surface area contributed by atoms with Gasteiger partial charge in [0.2, 0.25) is 0 Å². The molecule has 3 aliphatic rings. The van der Waals surface area contributed by atoms with E-state index in [1.165, 1.54) is 38.5 Å². The van der Waals surface area contributed by atoms with Crippen LogP contribution in [0.2, 0.25) is 0 Å². The van der Waals surface area contributed by atoms with E-state index in [2.05, 4.69) is 26.1 Å². The minimum Gasteiger partial charge on any atom is -0.392 e. The summed E-state index contributed by atoms with van der Waals surface area (Å²) < 4.78 is 0. The number of hydrogen-bond acceptors (Lipinski definition) is 2. The van der Waals surface area contributed by atoms with E-state index >= 15 is 0 Å². The fourth-order valence-electron chi connectivity index (χ4n) is 5.41. The lowest BCUT2D eigenvalue weighted by atomic mass is 9.68. The summed E-state index contributed by atoms with van der Waals surface area (Å²) in [5.41, 5.74) is 0.874. The predicted octanol–water partition coefficient (Wildman–Crippen LogP) is 3.48. The summed E-state index contributed by atoms with van der Waals surface area (Å²) in [5, 5.41) is 14.3. The fourth-order valence-corrected chi connectivity index (χ4v) is 5.41. The monoisotopic (exact) mass is 265 g/mol. The normalized spacial score (nSPS) is 49.3. The van der Waals surface area contributed by atoms with E-state index in [4.69, 9.17) is 0 Å². The van der Waals surface area contributed by atoms with Crippen LogP contribution in [0.4, 0.5) is 0 Å². The van der Waals surface area contributed by atoms with E-state index in [-0.39, 0.29) is 6.10 Å². The molecule has 2 heteroatoms. The summed E-state index contributed by atoms with van der Waals surface area (Å²) in [6, 6.07) is 0.930. The van der Waals surface area contributed by atoms with Gasteiger partial charge in [0.15, 0.2) is 0 Å². The number of hydrogen-bond donors (Lipinski definition) is 2. The van der Waals surface area contributed by atoms with Crippen LogP contribution in [0.25, 0.3) is 0 Å². The van der Waals surface area contributed by atoms with Gasteiger partial charge in [-0.05, 0) is 48.9 Å². The van der Waals surface area contributed by atoms with Crippen LogP contribution in [-0.2, 0) is 0 Å². The highest BCUT2D eigenvalue weighted by molar-refractivity contribution is 5.12. The van der Waals surface area contributed by atoms with E-state index in [0.29, 0.717) is 22.9 Å². The molecule has 5 atom stereocenters. The van der Waals surface area contributed by atoms with Crippen LogP contribution in [0.5, 0.6) is 0 Å². The van der Waals surface area contributed by atoms with Crippen LogP contribution in [0, 0.1) is 16.7 Å². The Balaban J connectivity index is 1.74. The zero-order valence-electron chi connectivity index (χ0n) is 12.9. The van der Waals surface area contributed by atoms with Gasteiger partial charge in [0.25, 0.3) is 0 Å². The van der Waals surface area contributed by atoms with Crippen LogP contribution in [0.1, 0.15) is 72.1 Å². The summed E-state index contributed by atoms with van der Waals surface area (Å²) in [4.78, 5) is 0. The third kappa shape index (κ3) is 2.25. The largest absolute Gasteiger partial charge is 0.392 e. The highest BCUT2D eigenvalue weighted by Crippen LogP contribution is 2.62. The Morgan fingerprint density at radius 1 is 1.00 bits per heavy atom. The molecule has 2 bridgehead atoms. The van der Waals surface area contributed by atoms with Gasteiger partial charge >= 0.3 is 0 Å². The highest BCUT2D eigenvalue weighted by Gasteiger charge is 2.59. The number of aliphatic hydroxyl groups excluding tert-OH is 1. The molecule has 0 aromatic heterocycles. The van der Waals surface area contributed by atoms with Crippen LogP contribution in [0.15, 0.2) is 0 Å². The van der Waals surface area contributed by atoms with Crippen molar-refractivity contribution in [3.8, 4) is 0 Å². The van der Waals surface area contributed by atoms with Crippen LogP contribution < -0.4 is 5.32 Å². The lowest BCUT2D eigenvalue weighted by molar-refractivity contribution is 0.0561. The summed E-state index contributed by atoms with van der Waals surface area (Å²) in [6.45, 7) is 7.37. The van der Waals surface area contributed by atoms with Gasteiger partial charge in [-0.3, -0.25) is 0 Å². The van der Waals surface area contributed by atoms with Gasteiger partial charge in [-0.15, -0.1) is 0 Å². The molecule has 0 radical (unpaired) electrons. The second kappa shape index (κ2) is 4.73. The molecule has 0 spiro atoms. The van der Waals surface area contributed by atoms with E-state index in [1.54, 1.807) is 0 Å². The summed E-state index contributed by atoms with van der Waals surface area (Å²) in [7, 11) is 0. The van der Waals surface area contributed by atoms with Gasteiger partial charge in [0, 0.05) is 12.1 Å². The zero-order valence-corrected chi connectivity index (χ0v) is 12.9. The van der Waals surface area contributed by atoms with E-state index < -0.39 is 0 Å². The van der Waals surface area contributed by atoms with Crippen molar-refractivity contribution in [3.63, 3.8) is 0 Å². The molecular formula is C17H31NO. The summed E-state index contributed by atoms with van der Waals surface area (Å²) >= 11 is 0. The van der Waals surface area contributed by atoms with E-state index in [1.807, 2.05) is 0 Å². The minimum atomic E-state index is -0.124. The van der Waals surface area contributed by atoms with Gasteiger partial charge in [-0.2, -0.15) is 0 Å². The Morgan fingerprint density at radius 3 is 2.42 bits per heavy atom. The van der Waals surface area contributed by atoms with Crippen LogP contribution in [-0.4, -0.2) is 23.3 Å². The molecule has 0 amide bonds. The van der Waals surface area contributed by atoms with Crippen molar-refractivity contribution in [1.29, 1.82) is 0 Å². The molecule has 19 heavy (non-hydrogen) atoms. The van der Waals surface area contributed by atoms with Crippen molar-refractivity contribution in [1.82, 2.24) is 5.32 Å². The van der Waals surface area contributed by atoms with Gasteiger partial charge in [-0.1, -0.05) is 40.0 Å². The number of aliphatic hydroxyl groups is 1. The molecule has 3 saturated carbocycles. The number of fused-ring (bicyclic) bond motifs is 2. The molecule has 0 aliphatic heterocycles. The number of rotatable bonds is 2. The standard InChI is InChI=1S/C17H31NO/c1-16(2)12-9-10-17(3,11-12)15(16)18-13-7-5-4-6-8-14(13)19/h12-15,18-19H,4-11H2,1-3H3. The first-order valence-electron chi connectivity index (χ1n) is 8.38. The molecule has 2 N–H and O–H groups in total. The van der Waals surface area contributed by atoms with E-state index in [9.17, 15) is 5.11 Å². The Morgan fingerprint density at radius 2 is 1.74 bits per heavy atom. The molecular weight excluding hydrogens is 234 g/mol. The Labute approximate surface area is 118 Å². The molecule has 3 aliphatic carbocycles. The molecule has 0 saturated heterocycles. The third-order valence-corrected chi connectivity index (χ3v) is 6.63. The minimum absolute atomic E-state index is 0.124. The van der Waals surface area contributed by atoms with Crippen molar-refractivity contribution in [2.24, 2.45) is 16.7 Å². The fraction of sp³-hybridized carbons (Fsp3) is 1.00. The van der Waals surface area contributed by atoms with Gasteiger partial charge in [0.1, 0.15) is 0 Å². The average Bonchev–Trinajstić information content (AvgIpc) is 2.72. The first kappa shape index (κ1) is 13.9. The first-order chi connectivity index (χ1) is 8.93. The molecule has 0 aromatic carbocycles. The summed E-state index contributed by atoms with van der Waals surface area (Å²) in [5.74, 6) is 0.887. The molecule has 110 valence electrons. The smallest absolute Gasteiger partial charge is 0.0693 e. The third-order valence-electron chi connectivity index (χ3n) is 6.63. The maximum absolute atomic E-state index is 10.4. The highest BCUT2D eigenvalue weighted by atomic mass is 16.3. The van der Waals surface area contributed by atoms with Crippen molar-refractivity contribution in [2.75, 3.05) is 0 Å². The Kier molecular flexibility index (Phi) is 3.46. The van der Waals surface area contributed by atoms with Crippen molar-refractivity contribution < 1.29 is 5.11 Å². The van der Waals surface area contributed by atoms with E-state index in [0.717, 1.165) is 18.8 Å². The Hall–Kier alpha value is -0.0800. The zero-order chi connectivity index (χ0) is 13.7. The van der Waals surface area contributed by atoms with Crippen molar-refractivity contribution in [3.05, 3.63) is 0 Å². The predicted molar refractivity (Wildman–Crippen MR) is 79.0 cm³/mol. The topological polar surface area (TPSA) is 32.3 Å². The average molecular weight is 265 g/mol. The molecule has 0 heterocycles. The molecule has 5 unspecified atom stereocenters. The maximum Gasteiger partial charge on any atom is 0.0693 e. The molecule has 3 rings (SSSR count). The number of nitrogens with one attached hydrogen (secondary N) is 1. The molecule has 2 nitrogen and oxygen atoms in total. The van der Waals surface area contributed by atoms with Crippen molar-refractivity contribution >= 4 is 0 Å². The first-order valence-corrected chi connectivity index (χ1v) is 8.38. The van der Waals surface area contributed by atoms with Crippen LogP contribution >= 0.6 is 0 Å². The summed E-state index contributed by atoms with van der Waals surface area (Å²) in [6.07, 6.45) is 9.98. The SMILES string of the molecule is CC12CCC(C1)C(C)(C)C2NC1CCCCCC1O. The van der Waals surface area contributed by atoms with Gasteiger partial charge in [-0.25, -0.2) is 0 Å². The lowest BCUT2D eigenvalue weighted by Crippen LogP contribution is -2.56. The van der Waals surface area contributed by atoms with Crippen molar-refractivity contribution in [2.45, 2.75) is 90.3 Å². The van der Waals surface area contributed by atoms with Gasteiger partial charge in [0.05, 0.1) is 6.10 Å². The quantitative estimate of drug-likeness (QED) is 0.749. The van der Waals surface area contributed by atoms with Gasteiger partial charge < -0.3 is 10.4 Å². The molecule has 0 aromatic rings. The molecule has 3 fully saturated rings. The second-order valence-electron chi connectivity index (χ2n) is 8.33. The lowest BCUT2D eigenvalue weighted by Gasteiger charge is -2.45.